The van der Waals surface area contributed by atoms with Gasteiger partial charge in [0.2, 0.25) is 0 Å². The lowest BCUT2D eigenvalue weighted by molar-refractivity contribution is 0.0986. The molecule has 29 heavy (non-hydrogen) atoms. The second kappa shape index (κ2) is 10.1. The highest BCUT2D eigenvalue weighted by molar-refractivity contribution is 7.22. The Morgan fingerprint density at radius 2 is 1.86 bits per heavy atom. The van der Waals surface area contributed by atoms with Crippen LogP contribution in [0.4, 0.5) is 5.13 Å². The maximum Gasteiger partial charge on any atom is 0.260 e. The van der Waals surface area contributed by atoms with Crippen LogP contribution in [0.3, 0.4) is 0 Å². The Morgan fingerprint density at radius 3 is 2.52 bits per heavy atom. The molecule has 2 aromatic carbocycles. The molecule has 0 saturated heterocycles. The molecule has 7 heteroatoms. The molecule has 156 valence electrons. The number of ether oxygens (including phenoxy) is 1. The van der Waals surface area contributed by atoms with Crippen LogP contribution >= 0.6 is 23.7 Å². The van der Waals surface area contributed by atoms with Gasteiger partial charge in [-0.05, 0) is 76.3 Å². The van der Waals surface area contributed by atoms with Gasteiger partial charge >= 0.3 is 0 Å². The van der Waals surface area contributed by atoms with Gasteiger partial charge in [0.25, 0.3) is 5.91 Å². The van der Waals surface area contributed by atoms with Crippen LogP contribution in [0, 0.1) is 13.8 Å². The monoisotopic (exact) mass is 433 g/mol. The van der Waals surface area contributed by atoms with E-state index >= 15 is 0 Å². The summed E-state index contributed by atoms with van der Waals surface area (Å²) >= 11 is 1.52. The van der Waals surface area contributed by atoms with E-state index in [0.29, 0.717) is 17.2 Å². The molecule has 1 aromatic heterocycles. The smallest absolute Gasteiger partial charge is 0.260 e. The molecule has 0 bridgehead atoms. The summed E-state index contributed by atoms with van der Waals surface area (Å²) in [6, 6.07) is 11.7. The number of hydrogen-bond acceptors (Lipinski definition) is 5. The predicted molar refractivity (Wildman–Crippen MR) is 124 cm³/mol. The topological polar surface area (TPSA) is 45.7 Å². The van der Waals surface area contributed by atoms with Gasteiger partial charge in [0.15, 0.2) is 5.13 Å². The molecule has 1 amide bonds. The molecule has 0 radical (unpaired) electrons. The average molecular weight is 434 g/mol. The van der Waals surface area contributed by atoms with Gasteiger partial charge in [-0.25, -0.2) is 4.98 Å². The van der Waals surface area contributed by atoms with Crippen molar-refractivity contribution < 1.29 is 9.53 Å². The Labute approximate surface area is 182 Å². The third-order valence-corrected chi connectivity index (χ3v) is 5.85. The van der Waals surface area contributed by atoms with Crippen molar-refractivity contribution in [3.05, 3.63) is 53.1 Å². The largest absolute Gasteiger partial charge is 0.494 e. The quantitative estimate of drug-likeness (QED) is 0.529. The number of methoxy groups -OCH3 is 1. The summed E-state index contributed by atoms with van der Waals surface area (Å²) in [5.41, 5.74) is 3.79. The highest BCUT2D eigenvalue weighted by Crippen LogP contribution is 2.34. The van der Waals surface area contributed by atoms with E-state index in [1.165, 1.54) is 16.9 Å². The number of halogens is 1. The number of benzene rings is 2. The highest BCUT2D eigenvalue weighted by atomic mass is 35.5. The Morgan fingerprint density at radius 1 is 1.10 bits per heavy atom. The number of carbonyl (C=O) groups is 1. The molecule has 0 saturated carbocycles. The van der Waals surface area contributed by atoms with Crippen molar-refractivity contribution in [1.29, 1.82) is 0 Å². The number of anilines is 1. The molecule has 3 rings (SSSR count). The number of thiazole rings is 1. The molecular weight excluding hydrogens is 406 g/mol. The van der Waals surface area contributed by atoms with Crippen molar-refractivity contribution in [3.8, 4) is 5.75 Å². The third kappa shape index (κ3) is 5.26. The van der Waals surface area contributed by atoms with Crippen molar-refractivity contribution in [2.45, 2.75) is 20.3 Å². The molecule has 0 atom stereocenters. The molecule has 0 aliphatic carbocycles. The van der Waals surface area contributed by atoms with Crippen molar-refractivity contribution >= 4 is 45.0 Å². The normalized spacial score (nSPS) is 10.8. The lowest BCUT2D eigenvalue weighted by Gasteiger charge is -2.21. The molecular formula is C22H28ClN3O2S. The summed E-state index contributed by atoms with van der Waals surface area (Å²) in [6.45, 7) is 5.61. The number of amides is 1. The highest BCUT2D eigenvalue weighted by Gasteiger charge is 2.22. The zero-order chi connectivity index (χ0) is 20.3. The number of fused-ring (bicyclic) bond motifs is 1. The second-order valence-corrected chi connectivity index (χ2v) is 8.23. The summed E-state index contributed by atoms with van der Waals surface area (Å²) in [5.74, 6) is 0.715. The Bertz CT molecular complexity index is 987. The van der Waals surface area contributed by atoms with Gasteiger partial charge in [0, 0.05) is 12.1 Å². The molecule has 0 unspecified atom stereocenters. The molecule has 0 spiro atoms. The van der Waals surface area contributed by atoms with E-state index in [1.807, 2.05) is 57.4 Å². The first kappa shape index (κ1) is 23.1. The average Bonchev–Trinajstić information content (AvgIpc) is 3.10. The fourth-order valence-electron chi connectivity index (χ4n) is 3.05. The van der Waals surface area contributed by atoms with Gasteiger partial charge in [-0.2, -0.15) is 0 Å². The molecule has 3 aromatic rings. The van der Waals surface area contributed by atoms with Crippen LogP contribution in [0.2, 0.25) is 0 Å². The number of nitrogens with zero attached hydrogens (tertiary/aromatic N) is 3. The second-order valence-electron chi connectivity index (χ2n) is 7.22. The predicted octanol–water partition coefficient (Wildman–Crippen LogP) is 4.94. The Balaban J connectivity index is 0.00000300. The van der Waals surface area contributed by atoms with Crippen LogP contribution in [0.15, 0.2) is 36.4 Å². The maximum absolute atomic E-state index is 13.4. The van der Waals surface area contributed by atoms with Crippen molar-refractivity contribution in [2.75, 3.05) is 39.2 Å². The summed E-state index contributed by atoms with van der Waals surface area (Å²) in [4.78, 5) is 22.0. The minimum absolute atomic E-state index is 0. The third-order valence-electron chi connectivity index (χ3n) is 4.81. The SMILES string of the molecule is COc1cccc2sc(N(CCCN(C)C)C(=O)c3ccc(C)c(C)c3)nc12.Cl. The fourth-order valence-corrected chi connectivity index (χ4v) is 4.06. The van der Waals surface area contributed by atoms with Crippen LogP contribution in [-0.2, 0) is 0 Å². The van der Waals surface area contributed by atoms with Crippen molar-refractivity contribution in [3.63, 3.8) is 0 Å². The summed E-state index contributed by atoms with van der Waals surface area (Å²) in [7, 11) is 5.72. The Kier molecular flexibility index (Phi) is 8.02. The van der Waals surface area contributed by atoms with Gasteiger partial charge in [0.1, 0.15) is 11.3 Å². The zero-order valence-electron chi connectivity index (χ0n) is 17.6. The standard InChI is InChI=1S/C22H27N3O2S.ClH/c1-15-10-11-17(14-16(15)2)21(26)25(13-7-12-24(3)4)22-23-20-18(27-5)8-6-9-19(20)28-22;/h6,8-11,14H,7,12-13H2,1-5H3;1H. The van der Waals surface area contributed by atoms with Gasteiger partial charge in [-0.1, -0.05) is 23.5 Å². The first-order valence-corrected chi connectivity index (χ1v) is 10.2. The first-order valence-electron chi connectivity index (χ1n) is 9.38. The van der Waals surface area contributed by atoms with E-state index in [2.05, 4.69) is 11.8 Å². The molecule has 0 N–H and O–H groups in total. The molecule has 0 fully saturated rings. The van der Waals surface area contributed by atoms with Crippen molar-refractivity contribution in [2.24, 2.45) is 0 Å². The number of aryl methyl sites for hydroxylation is 2. The zero-order valence-corrected chi connectivity index (χ0v) is 19.2. The number of aromatic nitrogens is 1. The van der Waals surface area contributed by atoms with Gasteiger partial charge in [-0.3, -0.25) is 9.69 Å². The summed E-state index contributed by atoms with van der Waals surface area (Å²) < 4.78 is 6.45. The maximum atomic E-state index is 13.4. The number of para-hydroxylation sites is 1. The summed E-state index contributed by atoms with van der Waals surface area (Å²) in [5, 5.41) is 0.710. The Hall–Kier alpha value is -2.15. The summed E-state index contributed by atoms with van der Waals surface area (Å²) in [6.07, 6.45) is 0.872. The van der Waals surface area contributed by atoms with E-state index in [4.69, 9.17) is 9.72 Å². The number of rotatable bonds is 7. The van der Waals surface area contributed by atoms with Crippen LogP contribution < -0.4 is 9.64 Å². The van der Waals surface area contributed by atoms with E-state index in [0.717, 1.165) is 34.5 Å². The molecule has 0 aliphatic rings. The van der Waals surface area contributed by atoms with Crippen LogP contribution in [0.1, 0.15) is 27.9 Å². The lowest BCUT2D eigenvalue weighted by atomic mass is 10.1. The van der Waals surface area contributed by atoms with E-state index in [-0.39, 0.29) is 18.3 Å². The number of hydrogen-bond donors (Lipinski definition) is 0. The van der Waals surface area contributed by atoms with E-state index < -0.39 is 0 Å². The minimum atomic E-state index is -0.0140. The van der Waals surface area contributed by atoms with Crippen LogP contribution in [0.5, 0.6) is 5.75 Å². The number of carbonyl (C=O) groups excluding carboxylic acids is 1. The van der Waals surface area contributed by atoms with E-state index in [1.54, 1.807) is 12.0 Å². The van der Waals surface area contributed by atoms with Gasteiger partial charge in [0.05, 0.1) is 11.8 Å². The van der Waals surface area contributed by atoms with Gasteiger partial charge in [-0.15, -0.1) is 12.4 Å². The van der Waals surface area contributed by atoms with Gasteiger partial charge < -0.3 is 9.64 Å². The fraction of sp³-hybridized carbons (Fsp3) is 0.364. The van der Waals surface area contributed by atoms with E-state index in [9.17, 15) is 4.79 Å². The van der Waals surface area contributed by atoms with Crippen LogP contribution in [-0.4, -0.2) is 50.1 Å². The molecule has 5 nitrogen and oxygen atoms in total. The molecule has 0 aliphatic heterocycles. The molecule has 1 heterocycles. The van der Waals surface area contributed by atoms with Crippen molar-refractivity contribution in [1.82, 2.24) is 9.88 Å². The lowest BCUT2D eigenvalue weighted by Crippen LogP contribution is -2.33. The van der Waals surface area contributed by atoms with Crippen LogP contribution in [0.25, 0.3) is 10.2 Å². The minimum Gasteiger partial charge on any atom is -0.494 e. The first-order chi connectivity index (χ1) is 13.4.